The van der Waals surface area contributed by atoms with Crippen molar-refractivity contribution in [2.75, 3.05) is 12.0 Å². The molecule has 0 amide bonds. The zero-order chi connectivity index (χ0) is 18.4. The maximum atomic E-state index is 13.0. The molecule has 0 radical (unpaired) electrons. The maximum Gasteiger partial charge on any atom is 0.417 e. The Bertz CT molecular complexity index is 774. The first-order valence-corrected chi connectivity index (χ1v) is 7.93. The van der Waals surface area contributed by atoms with E-state index in [0.717, 1.165) is 29.7 Å². The number of thiazole rings is 1. The van der Waals surface area contributed by atoms with E-state index in [4.69, 9.17) is 4.74 Å². The van der Waals surface area contributed by atoms with Gasteiger partial charge in [-0.1, -0.05) is 0 Å². The zero-order valence-electron chi connectivity index (χ0n) is 12.9. The van der Waals surface area contributed by atoms with Crippen molar-refractivity contribution in [3.05, 3.63) is 46.2 Å². The molecule has 2 aromatic rings. The SMILES string of the molecule is CCOC(=O)Cc1csc(NN=Cc2ccc(F)cc2C(F)(F)F)n1. The smallest absolute Gasteiger partial charge is 0.417 e. The second-order valence-electron chi connectivity index (χ2n) is 4.73. The number of alkyl halides is 3. The number of anilines is 1. The van der Waals surface area contributed by atoms with E-state index in [9.17, 15) is 22.4 Å². The second kappa shape index (κ2) is 8.06. The van der Waals surface area contributed by atoms with E-state index in [1.165, 1.54) is 0 Å². The van der Waals surface area contributed by atoms with Crippen LogP contribution in [0.15, 0.2) is 28.7 Å². The summed E-state index contributed by atoms with van der Waals surface area (Å²) in [6, 6.07) is 2.30. The highest BCUT2D eigenvalue weighted by atomic mass is 32.1. The molecule has 1 aromatic heterocycles. The molecule has 25 heavy (non-hydrogen) atoms. The van der Waals surface area contributed by atoms with Gasteiger partial charge in [0.1, 0.15) is 5.82 Å². The van der Waals surface area contributed by atoms with Crippen molar-refractivity contribution in [3.8, 4) is 0 Å². The molecule has 5 nitrogen and oxygen atoms in total. The van der Waals surface area contributed by atoms with E-state index in [0.29, 0.717) is 16.9 Å². The molecule has 0 saturated carbocycles. The molecule has 10 heteroatoms. The normalized spacial score (nSPS) is 11.7. The highest BCUT2D eigenvalue weighted by Gasteiger charge is 2.33. The number of rotatable bonds is 6. The predicted molar refractivity (Wildman–Crippen MR) is 85.1 cm³/mol. The van der Waals surface area contributed by atoms with Crippen molar-refractivity contribution >= 4 is 28.7 Å². The summed E-state index contributed by atoms with van der Waals surface area (Å²) in [5, 5.41) is 5.58. The molecule has 1 aromatic carbocycles. The zero-order valence-corrected chi connectivity index (χ0v) is 13.7. The van der Waals surface area contributed by atoms with Gasteiger partial charge in [0.2, 0.25) is 5.13 Å². The lowest BCUT2D eigenvalue weighted by Crippen LogP contribution is -2.10. The number of benzene rings is 1. The van der Waals surface area contributed by atoms with E-state index in [-0.39, 0.29) is 18.6 Å². The molecule has 0 spiro atoms. The first-order chi connectivity index (χ1) is 11.8. The van der Waals surface area contributed by atoms with Gasteiger partial charge in [-0.2, -0.15) is 18.3 Å². The van der Waals surface area contributed by atoms with Crippen LogP contribution < -0.4 is 5.43 Å². The first kappa shape index (κ1) is 18.8. The van der Waals surface area contributed by atoms with E-state index in [1.807, 2.05) is 0 Å². The Hall–Kier alpha value is -2.49. The molecule has 1 heterocycles. The number of esters is 1. The first-order valence-electron chi connectivity index (χ1n) is 7.05. The molecule has 2 rings (SSSR count). The summed E-state index contributed by atoms with van der Waals surface area (Å²) in [5.74, 6) is -1.41. The Kier molecular flexibility index (Phi) is 6.07. The number of halogens is 4. The minimum atomic E-state index is -4.70. The van der Waals surface area contributed by atoms with Crippen molar-refractivity contribution in [1.29, 1.82) is 0 Å². The van der Waals surface area contributed by atoms with Crippen molar-refractivity contribution in [2.24, 2.45) is 5.10 Å². The maximum absolute atomic E-state index is 13.0. The lowest BCUT2D eigenvalue weighted by molar-refractivity contribution is -0.142. The van der Waals surface area contributed by atoms with Gasteiger partial charge in [-0.15, -0.1) is 11.3 Å². The largest absolute Gasteiger partial charge is 0.466 e. The summed E-state index contributed by atoms with van der Waals surface area (Å²) in [5.41, 5.74) is 1.52. The van der Waals surface area contributed by atoms with Gasteiger partial charge in [-0.3, -0.25) is 10.2 Å². The van der Waals surface area contributed by atoms with Crippen LogP contribution in [0.1, 0.15) is 23.7 Å². The molecule has 134 valence electrons. The van der Waals surface area contributed by atoms with Gasteiger partial charge in [0.25, 0.3) is 0 Å². The Morgan fingerprint density at radius 3 is 2.88 bits per heavy atom. The lowest BCUT2D eigenvalue weighted by atomic mass is 10.1. The molecule has 0 aliphatic carbocycles. The quantitative estimate of drug-likeness (QED) is 0.361. The van der Waals surface area contributed by atoms with Gasteiger partial charge in [-0.25, -0.2) is 9.37 Å². The van der Waals surface area contributed by atoms with Crippen LogP contribution in [0.4, 0.5) is 22.7 Å². The summed E-state index contributed by atoms with van der Waals surface area (Å²) in [7, 11) is 0. The number of ether oxygens (including phenoxy) is 1. The Morgan fingerprint density at radius 1 is 1.44 bits per heavy atom. The van der Waals surface area contributed by atoms with Crippen LogP contribution in [-0.2, 0) is 22.1 Å². The minimum absolute atomic E-state index is 0.00802. The van der Waals surface area contributed by atoms with Crippen LogP contribution >= 0.6 is 11.3 Å². The van der Waals surface area contributed by atoms with E-state index >= 15 is 0 Å². The van der Waals surface area contributed by atoms with Crippen LogP contribution in [0.3, 0.4) is 0 Å². The highest BCUT2D eigenvalue weighted by molar-refractivity contribution is 7.13. The molecular weight excluding hydrogens is 362 g/mol. The number of carbonyl (C=O) groups is 1. The minimum Gasteiger partial charge on any atom is -0.466 e. The van der Waals surface area contributed by atoms with Crippen molar-refractivity contribution < 1.29 is 27.1 Å². The summed E-state index contributed by atoms with van der Waals surface area (Å²) >= 11 is 1.13. The third-order valence-corrected chi connectivity index (χ3v) is 3.66. The summed E-state index contributed by atoms with van der Waals surface area (Å²) < 4.78 is 56.4. The van der Waals surface area contributed by atoms with Crippen LogP contribution in [0, 0.1) is 5.82 Å². The van der Waals surface area contributed by atoms with Crippen molar-refractivity contribution in [1.82, 2.24) is 4.98 Å². The number of aromatic nitrogens is 1. The molecule has 0 aliphatic rings. The number of nitrogens with zero attached hydrogens (tertiary/aromatic N) is 2. The fourth-order valence-corrected chi connectivity index (χ4v) is 2.50. The number of hydrazone groups is 1. The molecular formula is C15H13F4N3O2S. The fraction of sp³-hybridized carbons (Fsp3) is 0.267. The van der Waals surface area contributed by atoms with E-state index in [2.05, 4.69) is 15.5 Å². The average Bonchev–Trinajstić information content (AvgIpc) is 2.95. The van der Waals surface area contributed by atoms with Gasteiger partial charge < -0.3 is 4.74 Å². The van der Waals surface area contributed by atoms with E-state index < -0.39 is 23.5 Å². The van der Waals surface area contributed by atoms with Gasteiger partial charge in [0.15, 0.2) is 0 Å². The van der Waals surface area contributed by atoms with Crippen LogP contribution in [-0.4, -0.2) is 23.8 Å². The Labute approximate surface area is 144 Å². The van der Waals surface area contributed by atoms with Gasteiger partial charge in [-0.05, 0) is 25.1 Å². The number of nitrogens with one attached hydrogen (secondary N) is 1. The summed E-state index contributed by atoms with van der Waals surface area (Å²) in [6.07, 6.45) is -3.78. The Balaban J connectivity index is 2.05. The molecule has 0 saturated heterocycles. The predicted octanol–water partition coefficient (Wildman–Crippen LogP) is 3.85. The second-order valence-corrected chi connectivity index (χ2v) is 5.58. The van der Waals surface area contributed by atoms with Crippen molar-refractivity contribution in [2.45, 2.75) is 19.5 Å². The Morgan fingerprint density at radius 2 is 2.20 bits per heavy atom. The molecule has 0 fully saturated rings. The topological polar surface area (TPSA) is 63.6 Å². The fourth-order valence-electron chi connectivity index (χ4n) is 1.84. The number of hydrogen-bond donors (Lipinski definition) is 1. The highest BCUT2D eigenvalue weighted by Crippen LogP contribution is 2.31. The lowest BCUT2D eigenvalue weighted by Gasteiger charge is -2.09. The van der Waals surface area contributed by atoms with Gasteiger partial charge in [0, 0.05) is 10.9 Å². The number of carbonyl (C=O) groups excluding carboxylic acids is 1. The van der Waals surface area contributed by atoms with Crippen LogP contribution in [0.25, 0.3) is 0 Å². The van der Waals surface area contributed by atoms with Crippen molar-refractivity contribution in [3.63, 3.8) is 0 Å². The molecule has 0 bridgehead atoms. The molecule has 0 aliphatic heterocycles. The van der Waals surface area contributed by atoms with Gasteiger partial charge >= 0.3 is 12.1 Å². The summed E-state index contributed by atoms with van der Waals surface area (Å²) in [6.45, 7) is 1.95. The summed E-state index contributed by atoms with van der Waals surface area (Å²) in [4.78, 5) is 15.4. The molecule has 0 unspecified atom stereocenters. The molecule has 1 N–H and O–H groups in total. The average molecular weight is 375 g/mol. The van der Waals surface area contributed by atoms with Crippen LogP contribution in [0.2, 0.25) is 0 Å². The number of hydrogen-bond acceptors (Lipinski definition) is 6. The standard InChI is InChI=1S/C15H13F4N3O2S/c1-2-24-13(23)6-11-8-25-14(21-11)22-20-7-9-3-4-10(16)5-12(9)15(17,18)19/h3-5,7-8H,2,6H2,1H3,(H,21,22). The van der Waals surface area contributed by atoms with E-state index in [1.54, 1.807) is 12.3 Å². The van der Waals surface area contributed by atoms with Crippen LogP contribution in [0.5, 0.6) is 0 Å². The monoisotopic (exact) mass is 375 g/mol. The van der Waals surface area contributed by atoms with Gasteiger partial charge in [0.05, 0.1) is 30.5 Å². The third-order valence-electron chi connectivity index (χ3n) is 2.87. The molecule has 0 atom stereocenters. The third kappa shape index (κ3) is 5.52.